The van der Waals surface area contributed by atoms with E-state index in [1.54, 1.807) is 12.1 Å². The van der Waals surface area contributed by atoms with E-state index < -0.39 is 5.97 Å². The van der Waals surface area contributed by atoms with Gasteiger partial charge in [-0.25, -0.2) is 0 Å². The molecule has 0 unspecified atom stereocenters. The fraction of sp³-hybridized carbons (Fsp3) is 0.350. The number of ether oxygens (including phenoxy) is 1. The van der Waals surface area contributed by atoms with Gasteiger partial charge in [-0.1, -0.05) is 24.3 Å². The molecule has 0 bridgehead atoms. The summed E-state index contributed by atoms with van der Waals surface area (Å²) in [5, 5.41) is 16.0. The predicted molar refractivity (Wildman–Crippen MR) is 99.8 cm³/mol. The van der Waals surface area contributed by atoms with E-state index in [0.717, 1.165) is 23.6 Å². The van der Waals surface area contributed by atoms with Gasteiger partial charge < -0.3 is 20.5 Å². The molecule has 0 saturated heterocycles. The van der Waals surface area contributed by atoms with E-state index in [-0.39, 0.29) is 37.4 Å². The Labute approximate surface area is 156 Å². The Kier molecular flexibility index (Phi) is 5.90. The molecule has 1 saturated carbocycles. The number of rotatable bonds is 9. The molecule has 0 heterocycles. The normalized spacial score (nSPS) is 13.2. The molecule has 7 heteroatoms. The van der Waals surface area contributed by atoms with Gasteiger partial charge in [-0.15, -0.1) is 0 Å². The SMILES string of the molecule is O=C(O)CCCNC(=O)c1cc2ccccc2cc1OCC(=O)NC1CC1. The summed E-state index contributed by atoms with van der Waals surface area (Å²) in [6, 6.07) is 11.3. The molecule has 1 fully saturated rings. The first-order chi connectivity index (χ1) is 13.0. The third-order valence-corrected chi connectivity index (χ3v) is 4.25. The molecule has 27 heavy (non-hydrogen) atoms. The van der Waals surface area contributed by atoms with Crippen molar-refractivity contribution >= 4 is 28.6 Å². The standard InChI is InChI=1S/C20H22N2O5/c23-18(22-15-7-8-15)12-27-17-11-14-5-2-1-4-13(14)10-16(17)20(26)21-9-3-6-19(24)25/h1-2,4-5,10-11,15H,3,6-9,12H2,(H,21,26)(H,22,23)(H,24,25). The van der Waals surface area contributed by atoms with Gasteiger partial charge in [0.2, 0.25) is 0 Å². The topological polar surface area (TPSA) is 105 Å². The minimum absolute atomic E-state index is 0.0112. The molecule has 0 radical (unpaired) electrons. The van der Waals surface area contributed by atoms with E-state index >= 15 is 0 Å². The van der Waals surface area contributed by atoms with Crippen molar-refractivity contribution < 1.29 is 24.2 Å². The van der Waals surface area contributed by atoms with Crippen LogP contribution in [0.15, 0.2) is 36.4 Å². The predicted octanol–water partition coefficient (Wildman–Crippen LogP) is 2.09. The zero-order chi connectivity index (χ0) is 19.2. The Hall–Kier alpha value is -3.09. The summed E-state index contributed by atoms with van der Waals surface area (Å²) in [7, 11) is 0. The lowest BCUT2D eigenvalue weighted by Crippen LogP contribution is -2.31. The molecule has 2 amide bonds. The van der Waals surface area contributed by atoms with Gasteiger partial charge in [0.25, 0.3) is 11.8 Å². The van der Waals surface area contributed by atoms with E-state index in [2.05, 4.69) is 10.6 Å². The van der Waals surface area contributed by atoms with Gasteiger partial charge in [0.1, 0.15) is 5.75 Å². The maximum Gasteiger partial charge on any atom is 0.303 e. The monoisotopic (exact) mass is 370 g/mol. The molecule has 2 aromatic rings. The molecular formula is C20H22N2O5. The van der Waals surface area contributed by atoms with Crippen LogP contribution in [0.3, 0.4) is 0 Å². The Bertz CT molecular complexity index is 861. The third-order valence-electron chi connectivity index (χ3n) is 4.25. The number of benzene rings is 2. The summed E-state index contributed by atoms with van der Waals surface area (Å²) in [5.74, 6) is -1.14. The number of amides is 2. The van der Waals surface area contributed by atoms with Crippen LogP contribution >= 0.6 is 0 Å². The molecular weight excluding hydrogens is 348 g/mol. The van der Waals surface area contributed by atoms with Crippen LogP contribution in [0.2, 0.25) is 0 Å². The van der Waals surface area contributed by atoms with Gasteiger partial charge in [-0.05, 0) is 42.2 Å². The first-order valence-electron chi connectivity index (χ1n) is 8.98. The molecule has 2 aromatic carbocycles. The molecule has 0 atom stereocenters. The number of aliphatic carboxylic acids is 1. The molecule has 142 valence electrons. The maximum absolute atomic E-state index is 12.5. The van der Waals surface area contributed by atoms with Crippen LogP contribution in [0, 0.1) is 0 Å². The zero-order valence-corrected chi connectivity index (χ0v) is 14.9. The van der Waals surface area contributed by atoms with Gasteiger partial charge in [0.05, 0.1) is 5.56 Å². The number of nitrogens with one attached hydrogen (secondary N) is 2. The van der Waals surface area contributed by atoms with Gasteiger partial charge in [-0.2, -0.15) is 0 Å². The molecule has 1 aliphatic rings. The largest absolute Gasteiger partial charge is 0.483 e. The lowest BCUT2D eigenvalue weighted by atomic mass is 10.1. The van der Waals surface area contributed by atoms with Crippen LogP contribution in [-0.2, 0) is 9.59 Å². The lowest BCUT2D eigenvalue weighted by Gasteiger charge is -2.13. The molecule has 3 N–H and O–H groups in total. The van der Waals surface area contributed by atoms with Crippen LogP contribution in [0.25, 0.3) is 10.8 Å². The average molecular weight is 370 g/mol. The second-order valence-electron chi connectivity index (χ2n) is 6.58. The van der Waals surface area contributed by atoms with Crippen molar-refractivity contribution in [3.63, 3.8) is 0 Å². The number of carbonyl (C=O) groups is 3. The lowest BCUT2D eigenvalue weighted by molar-refractivity contribution is -0.137. The number of hydrogen-bond donors (Lipinski definition) is 3. The van der Waals surface area contributed by atoms with Crippen molar-refractivity contribution in [1.29, 1.82) is 0 Å². The second-order valence-corrected chi connectivity index (χ2v) is 6.58. The number of fused-ring (bicyclic) bond motifs is 1. The molecule has 0 aromatic heterocycles. The fourth-order valence-electron chi connectivity index (χ4n) is 2.69. The van der Waals surface area contributed by atoms with Gasteiger partial charge in [0, 0.05) is 19.0 Å². The average Bonchev–Trinajstić information content (AvgIpc) is 3.46. The van der Waals surface area contributed by atoms with Crippen molar-refractivity contribution in [1.82, 2.24) is 10.6 Å². The van der Waals surface area contributed by atoms with Crippen LogP contribution in [0.1, 0.15) is 36.0 Å². The Morgan fingerprint density at radius 1 is 1.11 bits per heavy atom. The van der Waals surface area contributed by atoms with Crippen molar-refractivity contribution in [2.45, 2.75) is 31.7 Å². The minimum Gasteiger partial charge on any atom is -0.483 e. The molecule has 0 spiro atoms. The summed E-state index contributed by atoms with van der Waals surface area (Å²) in [6.07, 6.45) is 2.31. The van der Waals surface area contributed by atoms with Gasteiger partial charge in [0.15, 0.2) is 6.61 Å². The van der Waals surface area contributed by atoms with Gasteiger partial charge in [-0.3, -0.25) is 14.4 Å². The van der Waals surface area contributed by atoms with Crippen molar-refractivity contribution in [3.8, 4) is 5.75 Å². The summed E-state index contributed by atoms with van der Waals surface area (Å²) in [4.78, 5) is 35.0. The van der Waals surface area contributed by atoms with E-state index in [1.165, 1.54) is 0 Å². The molecule has 3 rings (SSSR count). The summed E-state index contributed by atoms with van der Waals surface area (Å²) in [5.41, 5.74) is 0.322. The molecule has 0 aliphatic heterocycles. The third kappa shape index (κ3) is 5.44. The highest BCUT2D eigenvalue weighted by atomic mass is 16.5. The maximum atomic E-state index is 12.5. The Morgan fingerprint density at radius 2 is 1.81 bits per heavy atom. The van der Waals surface area contributed by atoms with E-state index in [1.807, 2.05) is 24.3 Å². The Balaban J connectivity index is 1.72. The molecule has 7 nitrogen and oxygen atoms in total. The van der Waals surface area contributed by atoms with Crippen LogP contribution < -0.4 is 15.4 Å². The van der Waals surface area contributed by atoms with Crippen molar-refractivity contribution in [2.24, 2.45) is 0 Å². The summed E-state index contributed by atoms with van der Waals surface area (Å²) < 4.78 is 5.63. The quantitative estimate of drug-likeness (QED) is 0.586. The smallest absolute Gasteiger partial charge is 0.303 e. The van der Waals surface area contributed by atoms with E-state index in [0.29, 0.717) is 17.7 Å². The van der Waals surface area contributed by atoms with Crippen LogP contribution in [-0.4, -0.2) is 42.1 Å². The van der Waals surface area contributed by atoms with E-state index in [9.17, 15) is 14.4 Å². The highest BCUT2D eigenvalue weighted by Crippen LogP contribution is 2.26. The number of carboxylic acids is 1. The first kappa shape index (κ1) is 18.7. The van der Waals surface area contributed by atoms with Gasteiger partial charge >= 0.3 is 5.97 Å². The number of carboxylic acid groups (broad SMARTS) is 1. The number of hydrogen-bond acceptors (Lipinski definition) is 4. The zero-order valence-electron chi connectivity index (χ0n) is 14.9. The first-order valence-corrected chi connectivity index (χ1v) is 8.98. The molecule has 1 aliphatic carbocycles. The minimum atomic E-state index is -0.902. The fourth-order valence-corrected chi connectivity index (χ4v) is 2.69. The number of carbonyl (C=O) groups excluding carboxylic acids is 2. The Morgan fingerprint density at radius 3 is 2.48 bits per heavy atom. The van der Waals surface area contributed by atoms with Crippen molar-refractivity contribution in [2.75, 3.05) is 13.2 Å². The van der Waals surface area contributed by atoms with Crippen LogP contribution in [0.5, 0.6) is 5.75 Å². The highest BCUT2D eigenvalue weighted by molar-refractivity contribution is 6.01. The second kappa shape index (κ2) is 8.53. The highest BCUT2D eigenvalue weighted by Gasteiger charge is 2.23. The van der Waals surface area contributed by atoms with Crippen molar-refractivity contribution in [3.05, 3.63) is 42.0 Å². The summed E-state index contributed by atoms with van der Waals surface area (Å²) in [6.45, 7) is 0.0910. The van der Waals surface area contributed by atoms with Crippen LogP contribution in [0.4, 0.5) is 0 Å². The van der Waals surface area contributed by atoms with E-state index in [4.69, 9.17) is 9.84 Å². The summed E-state index contributed by atoms with van der Waals surface area (Å²) >= 11 is 0.